The lowest BCUT2D eigenvalue weighted by Crippen LogP contribution is -2.54. The number of sulfonamides is 1. The minimum Gasteiger partial charge on any atom is -0.352 e. The molecule has 5 rings (SSSR count). The quantitative estimate of drug-likeness (QED) is 0.172. The van der Waals surface area contributed by atoms with Gasteiger partial charge in [0, 0.05) is 28.1 Å². The van der Waals surface area contributed by atoms with Crippen LogP contribution in [-0.2, 0) is 32.6 Å². The number of carbonyl (C=O) groups excluding carboxylic acids is 2. The number of amides is 2. The average molecular weight is 740 g/mol. The zero-order valence-electron chi connectivity index (χ0n) is 24.7. The van der Waals surface area contributed by atoms with E-state index in [1.54, 1.807) is 60.7 Å². The van der Waals surface area contributed by atoms with Gasteiger partial charge in [0.2, 0.25) is 11.8 Å². The van der Waals surface area contributed by atoms with Crippen LogP contribution in [0.4, 0.5) is 10.1 Å². The minimum atomic E-state index is -4.19. The number of rotatable bonds is 12. The van der Waals surface area contributed by atoms with Crippen LogP contribution in [0.1, 0.15) is 36.8 Å². The van der Waals surface area contributed by atoms with Crippen molar-refractivity contribution in [2.45, 2.75) is 55.6 Å². The van der Waals surface area contributed by atoms with E-state index in [1.165, 1.54) is 23.1 Å². The van der Waals surface area contributed by atoms with E-state index in [4.69, 9.17) is 0 Å². The second-order valence-electron chi connectivity index (χ2n) is 11.1. The molecular weight excluding hydrogens is 704 g/mol. The van der Waals surface area contributed by atoms with Gasteiger partial charge in [-0.25, -0.2) is 12.8 Å². The van der Waals surface area contributed by atoms with E-state index >= 15 is 4.39 Å². The van der Waals surface area contributed by atoms with E-state index in [2.05, 4.69) is 27.9 Å². The Morgan fingerprint density at radius 1 is 0.844 bits per heavy atom. The van der Waals surface area contributed by atoms with E-state index in [0.29, 0.717) is 5.69 Å². The molecule has 1 N–H and O–H groups in total. The lowest BCUT2D eigenvalue weighted by molar-refractivity contribution is -0.140. The molecule has 0 saturated heterocycles. The molecule has 0 radical (unpaired) electrons. The van der Waals surface area contributed by atoms with E-state index in [-0.39, 0.29) is 35.4 Å². The van der Waals surface area contributed by atoms with Gasteiger partial charge in [-0.1, -0.05) is 79.6 Å². The molecule has 7 nitrogen and oxygen atoms in total. The fraction of sp³-hybridized carbons (Fsp3) is 0.257. The first kappa shape index (κ1) is 32.6. The lowest BCUT2D eigenvalue weighted by atomic mass is 10.0. The number of halogens is 2. The molecule has 0 aliphatic heterocycles. The standard InChI is InChI=1S/C35H35FIN3O4S/c36-32-18-10-7-13-27(32)24-39(33(23-26-11-3-1-4-12-26)35(42)38-29-14-8-9-15-29)34(41)25-40(30-21-19-28(37)20-22-30)45(43,44)31-16-5-2-6-17-31/h1-7,10-13,16-22,29,33H,8-9,14-15,23-25H2,(H,38,42)/t33-/m0/s1. The highest BCUT2D eigenvalue weighted by Gasteiger charge is 2.35. The summed E-state index contributed by atoms with van der Waals surface area (Å²) >= 11 is 2.13. The molecule has 45 heavy (non-hydrogen) atoms. The Balaban J connectivity index is 1.56. The van der Waals surface area contributed by atoms with Gasteiger partial charge >= 0.3 is 0 Å². The SMILES string of the molecule is O=C(NC1CCCC1)[C@H](Cc1ccccc1)N(Cc1ccccc1F)C(=O)CN(c1ccc(I)cc1)S(=O)(=O)c1ccccc1. The van der Waals surface area contributed by atoms with Crippen molar-refractivity contribution in [1.29, 1.82) is 0 Å². The van der Waals surface area contributed by atoms with Crippen LogP contribution in [0.3, 0.4) is 0 Å². The Morgan fingerprint density at radius 3 is 2.09 bits per heavy atom. The summed E-state index contributed by atoms with van der Waals surface area (Å²) in [5.74, 6) is -1.49. The predicted molar refractivity (Wildman–Crippen MR) is 181 cm³/mol. The molecule has 234 valence electrons. The molecule has 0 heterocycles. The van der Waals surface area contributed by atoms with Crippen LogP contribution in [0.25, 0.3) is 0 Å². The zero-order chi connectivity index (χ0) is 31.8. The molecule has 4 aromatic rings. The van der Waals surface area contributed by atoms with Gasteiger partial charge in [-0.15, -0.1) is 0 Å². The molecule has 0 aromatic heterocycles. The molecule has 2 amide bonds. The molecule has 1 aliphatic carbocycles. The van der Waals surface area contributed by atoms with Gasteiger partial charge in [-0.3, -0.25) is 13.9 Å². The Bertz CT molecular complexity index is 1700. The first-order valence-corrected chi connectivity index (χ1v) is 17.4. The summed E-state index contributed by atoms with van der Waals surface area (Å²) < 4.78 is 45.1. The Hall–Kier alpha value is -3.77. The Labute approximate surface area is 277 Å². The first-order chi connectivity index (χ1) is 21.7. The number of hydrogen-bond acceptors (Lipinski definition) is 4. The topological polar surface area (TPSA) is 86.8 Å². The summed E-state index contributed by atoms with van der Waals surface area (Å²) in [5, 5.41) is 3.12. The fourth-order valence-electron chi connectivity index (χ4n) is 5.59. The van der Waals surface area contributed by atoms with Crippen LogP contribution in [0.15, 0.2) is 114 Å². The number of benzene rings is 4. The van der Waals surface area contributed by atoms with Crippen LogP contribution < -0.4 is 9.62 Å². The summed E-state index contributed by atoms with van der Waals surface area (Å²) in [5.41, 5.74) is 1.35. The normalized spacial score (nSPS) is 14.1. The monoisotopic (exact) mass is 739 g/mol. The van der Waals surface area contributed by atoms with Crippen LogP contribution >= 0.6 is 22.6 Å². The maximum Gasteiger partial charge on any atom is 0.264 e. The number of anilines is 1. The maximum atomic E-state index is 15.1. The third-order valence-electron chi connectivity index (χ3n) is 8.00. The van der Waals surface area contributed by atoms with Gasteiger partial charge in [0.25, 0.3) is 10.0 Å². The van der Waals surface area contributed by atoms with Crippen LogP contribution in [0, 0.1) is 9.39 Å². The summed E-state index contributed by atoms with van der Waals surface area (Å²) in [6, 6.07) is 29.1. The second kappa shape index (κ2) is 15.0. The summed E-state index contributed by atoms with van der Waals surface area (Å²) in [6.45, 7) is -0.804. The van der Waals surface area contributed by atoms with Gasteiger partial charge in [0.1, 0.15) is 18.4 Å². The summed E-state index contributed by atoms with van der Waals surface area (Å²) in [4.78, 5) is 29.8. The van der Waals surface area contributed by atoms with Gasteiger partial charge in [0.15, 0.2) is 0 Å². The molecule has 10 heteroatoms. The molecule has 1 saturated carbocycles. The van der Waals surface area contributed by atoms with Gasteiger partial charge < -0.3 is 10.2 Å². The number of nitrogens with zero attached hydrogens (tertiary/aromatic N) is 2. The molecule has 0 unspecified atom stereocenters. The van der Waals surface area contributed by atoms with E-state index in [0.717, 1.165) is 39.1 Å². The minimum absolute atomic E-state index is 0.0112. The van der Waals surface area contributed by atoms with Crippen molar-refractivity contribution in [2.75, 3.05) is 10.8 Å². The van der Waals surface area contributed by atoms with Crippen LogP contribution in [0.2, 0.25) is 0 Å². The number of nitrogens with one attached hydrogen (secondary N) is 1. The average Bonchev–Trinajstić information content (AvgIpc) is 3.56. The first-order valence-electron chi connectivity index (χ1n) is 14.9. The highest BCUT2D eigenvalue weighted by atomic mass is 127. The second-order valence-corrected chi connectivity index (χ2v) is 14.2. The van der Waals surface area contributed by atoms with Crippen molar-refractivity contribution < 1.29 is 22.4 Å². The van der Waals surface area contributed by atoms with E-state index < -0.39 is 34.3 Å². The van der Waals surface area contributed by atoms with Crippen molar-refractivity contribution in [1.82, 2.24) is 10.2 Å². The van der Waals surface area contributed by atoms with Crippen LogP contribution in [0.5, 0.6) is 0 Å². The predicted octanol–water partition coefficient (Wildman–Crippen LogP) is 6.32. The molecule has 0 bridgehead atoms. The van der Waals surface area contributed by atoms with E-state index in [1.807, 2.05) is 30.3 Å². The number of hydrogen-bond donors (Lipinski definition) is 1. The maximum absolute atomic E-state index is 15.1. The fourth-order valence-corrected chi connectivity index (χ4v) is 7.38. The van der Waals surface area contributed by atoms with Crippen molar-refractivity contribution in [3.8, 4) is 0 Å². The van der Waals surface area contributed by atoms with Crippen molar-refractivity contribution in [3.05, 3.63) is 130 Å². The molecule has 0 spiro atoms. The van der Waals surface area contributed by atoms with Crippen LogP contribution in [-0.4, -0.2) is 43.8 Å². The third-order valence-corrected chi connectivity index (χ3v) is 10.5. The van der Waals surface area contributed by atoms with Crippen molar-refractivity contribution in [2.24, 2.45) is 0 Å². The Kier molecular flexibility index (Phi) is 10.9. The molecule has 4 aromatic carbocycles. The largest absolute Gasteiger partial charge is 0.352 e. The van der Waals surface area contributed by atoms with Gasteiger partial charge in [-0.2, -0.15) is 0 Å². The molecular formula is C35H35FIN3O4S. The highest BCUT2D eigenvalue weighted by Crippen LogP contribution is 2.26. The molecule has 1 aliphatic rings. The smallest absolute Gasteiger partial charge is 0.264 e. The molecule has 1 fully saturated rings. The van der Waals surface area contributed by atoms with Crippen molar-refractivity contribution in [3.63, 3.8) is 0 Å². The highest BCUT2D eigenvalue weighted by molar-refractivity contribution is 14.1. The molecule has 1 atom stereocenters. The summed E-state index contributed by atoms with van der Waals surface area (Å²) in [6.07, 6.45) is 3.89. The van der Waals surface area contributed by atoms with Gasteiger partial charge in [-0.05, 0) is 83.5 Å². The van der Waals surface area contributed by atoms with E-state index in [9.17, 15) is 18.0 Å². The third kappa shape index (κ3) is 8.29. The number of carbonyl (C=O) groups is 2. The summed E-state index contributed by atoms with van der Waals surface area (Å²) in [7, 11) is -4.19. The lowest BCUT2D eigenvalue weighted by Gasteiger charge is -2.34. The van der Waals surface area contributed by atoms with Gasteiger partial charge in [0.05, 0.1) is 10.6 Å². The Morgan fingerprint density at radius 2 is 1.44 bits per heavy atom. The zero-order valence-corrected chi connectivity index (χ0v) is 27.7. The van der Waals surface area contributed by atoms with Crippen molar-refractivity contribution >= 4 is 50.1 Å².